The van der Waals surface area contributed by atoms with E-state index in [0.717, 1.165) is 19.4 Å². The van der Waals surface area contributed by atoms with Crippen molar-refractivity contribution >= 4 is 0 Å². The molecular weight excluding hydrogens is 162 g/mol. The number of rotatable bonds is 5. The molecule has 1 saturated heterocycles. The van der Waals surface area contributed by atoms with E-state index in [9.17, 15) is 0 Å². The van der Waals surface area contributed by atoms with Crippen LogP contribution in [-0.2, 0) is 4.74 Å². The molecule has 2 nitrogen and oxygen atoms in total. The van der Waals surface area contributed by atoms with E-state index < -0.39 is 0 Å². The van der Waals surface area contributed by atoms with Gasteiger partial charge in [-0.15, -0.1) is 6.58 Å². The molecule has 0 aliphatic carbocycles. The van der Waals surface area contributed by atoms with Crippen LogP contribution in [0.2, 0.25) is 0 Å². The fourth-order valence-electron chi connectivity index (χ4n) is 2.11. The van der Waals surface area contributed by atoms with Crippen LogP contribution < -0.4 is 5.32 Å². The first-order chi connectivity index (χ1) is 6.23. The molecule has 0 bridgehead atoms. The first-order valence-corrected chi connectivity index (χ1v) is 5.15. The van der Waals surface area contributed by atoms with Gasteiger partial charge in [-0.3, -0.25) is 0 Å². The Morgan fingerprint density at radius 2 is 2.46 bits per heavy atom. The van der Waals surface area contributed by atoms with Gasteiger partial charge in [0.05, 0.1) is 5.60 Å². The van der Waals surface area contributed by atoms with E-state index in [2.05, 4.69) is 18.8 Å². The monoisotopic (exact) mass is 183 g/mol. The molecule has 0 spiro atoms. The molecule has 1 fully saturated rings. The Hall–Kier alpha value is -0.340. The van der Waals surface area contributed by atoms with Crippen molar-refractivity contribution in [2.24, 2.45) is 0 Å². The van der Waals surface area contributed by atoms with E-state index in [1.807, 2.05) is 13.1 Å². The summed E-state index contributed by atoms with van der Waals surface area (Å²) in [6.45, 7) is 6.88. The topological polar surface area (TPSA) is 21.3 Å². The molecule has 1 N–H and O–H groups in total. The highest BCUT2D eigenvalue weighted by molar-refractivity contribution is 4.92. The summed E-state index contributed by atoms with van der Waals surface area (Å²) >= 11 is 0. The van der Waals surface area contributed by atoms with Gasteiger partial charge in [-0.25, -0.2) is 0 Å². The van der Waals surface area contributed by atoms with Gasteiger partial charge in [0.1, 0.15) is 0 Å². The van der Waals surface area contributed by atoms with E-state index >= 15 is 0 Å². The minimum absolute atomic E-state index is 0.0533. The van der Waals surface area contributed by atoms with Crippen molar-refractivity contribution in [2.45, 2.75) is 44.2 Å². The molecule has 1 rings (SSSR count). The maximum atomic E-state index is 5.79. The molecule has 0 aromatic carbocycles. The largest absolute Gasteiger partial charge is 0.374 e. The summed E-state index contributed by atoms with van der Waals surface area (Å²) in [5.41, 5.74) is 0.0533. The second-order valence-electron chi connectivity index (χ2n) is 3.97. The number of nitrogens with one attached hydrogen (secondary N) is 1. The molecule has 2 heteroatoms. The van der Waals surface area contributed by atoms with Crippen molar-refractivity contribution < 1.29 is 4.74 Å². The van der Waals surface area contributed by atoms with Gasteiger partial charge in [0.25, 0.3) is 0 Å². The van der Waals surface area contributed by atoms with Gasteiger partial charge >= 0.3 is 0 Å². The molecule has 76 valence electrons. The average molecular weight is 183 g/mol. The second-order valence-corrected chi connectivity index (χ2v) is 3.97. The van der Waals surface area contributed by atoms with Gasteiger partial charge < -0.3 is 10.1 Å². The predicted octanol–water partition coefficient (Wildman–Crippen LogP) is 2.11. The highest BCUT2D eigenvalue weighted by Gasteiger charge is 2.36. The first kappa shape index (κ1) is 10.7. The third kappa shape index (κ3) is 2.55. The standard InChI is InChI=1S/C11H21NO/c1-4-5-7-10(12-3)11(2)8-6-9-13-11/h4,10,12H,1,5-9H2,2-3H3. The summed E-state index contributed by atoms with van der Waals surface area (Å²) in [5.74, 6) is 0. The summed E-state index contributed by atoms with van der Waals surface area (Å²) in [6.07, 6.45) is 6.53. The molecule has 2 atom stereocenters. The number of likely N-dealkylation sites (N-methyl/N-ethyl adjacent to an activating group) is 1. The van der Waals surface area contributed by atoms with Crippen LogP contribution in [0.4, 0.5) is 0 Å². The van der Waals surface area contributed by atoms with Crippen molar-refractivity contribution in [2.75, 3.05) is 13.7 Å². The minimum atomic E-state index is 0.0533. The number of allylic oxidation sites excluding steroid dienone is 1. The Balaban J connectivity index is 2.47. The van der Waals surface area contributed by atoms with Crippen molar-refractivity contribution in [3.05, 3.63) is 12.7 Å². The lowest BCUT2D eigenvalue weighted by Crippen LogP contribution is -2.46. The predicted molar refractivity (Wildman–Crippen MR) is 55.9 cm³/mol. The normalized spacial score (nSPS) is 30.3. The van der Waals surface area contributed by atoms with E-state index in [-0.39, 0.29) is 5.60 Å². The van der Waals surface area contributed by atoms with Crippen LogP contribution in [0.3, 0.4) is 0 Å². The Morgan fingerprint density at radius 1 is 1.69 bits per heavy atom. The Bertz CT molecular complexity index is 161. The molecule has 13 heavy (non-hydrogen) atoms. The van der Waals surface area contributed by atoms with Crippen LogP contribution in [-0.4, -0.2) is 25.3 Å². The fourth-order valence-corrected chi connectivity index (χ4v) is 2.11. The summed E-state index contributed by atoms with van der Waals surface area (Å²) in [7, 11) is 2.01. The summed E-state index contributed by atoms with van der Waals surface area (Å²) in [5, 5.41) is 3.35. The molecule has 1 aliphatic rings. The number of ether oxygens (including phenoxy) is 1. The molecule has 1 aliphatic heterocycles. The first-order valence-electron chi connectivity index (χ1n) is 5.15. The molecule has 1 heterocycles. The summed E-state index contributed by atoms with van der Waals surface area (Å²) in [6, 6.07) is 0.466. The van der Waals surface area contributed by atoms with Crippen LogP contribution in [0, 0.1) is 0 Å². The Labute approximate surface area is 81.4 Å². The van der Waals surface area contributed by atoms with E-state index in [4.69, 9.17) is 4.74 Å². The molecule has 0 aromatic rings. The molecule has 0 saturated carbocycles. The highest BCUT2D eigenvalue weighted by atomic mass is 16.5. The van der Waals surface area contributed by atoms with Crippen molar-refractivity contribution in [3.8, 4) is 0 Å². The lowest BCUT2D eigenvalue weighted by molar-refractivity contribution is -0.0115. The zero-order valence-electron chi connectivity index (χ0n) is 8.81. The third-order valence-electron chi connectivity index (χ3n) is 2.99. The lowest BCUT2D eigenvalue weighted by atomic mass is 9.90. The van der Waals surface area contributed by atoms with Crippen LogP contribution in [0.1, 0.15) is 32.6 Å². The van der Waals surface area contributed by atoms with E-state index in [0.29, 0.717) is 6.04 Å². The SMILES string of the molecule is C=CCCC(NC)C1(C)CCCO1. The summed E-state index contributed by atoms with van der Waals surface area (Å²) < 4.78 is 5.79. The highest BCUT2D eigenvalue weighted by Crippen LogP contribution is 2.30. The molecule has 0 radical (unpaired) electrons. The molecule has 2 unspecified atom stereocenters. The van der Waals surface area contributed by atoms with Gasteiger partial charge in [-0.1, -0.05) is 6.08 Å². The van der Waals surface area contributed by atoms with Crippen LogP contribution in [0.25, 0.3) is 0 Å². The Kier molecular flexibility index (Phi) is 3.94. The molecule has 0 aromatic heterocycles. The van der Waals surface area contributed by atoms with Crippen LogP contribution >= 0.6 is 0 Å². The lowest BCUT2D eigenvalue weighted by Gasteiger charge is -2.33. The quantitative estimate of drug-likeness (QED) is 0.659. The maximum absolute atomic E-state index is 5.79. The average Bonchev–Trinajstić information content (AvgIpc) is 2.54. The second kappa shape index (κ2) is 4.77. The van der Waals surface area contributed by atoms with Crippen LogP contribution in [0.5, 0.6) is 0 Å². The smallest absolute Gasteiger partial charge is 0.0807 e. The van der Waals surface area contributed by atoms with E-state index in [1.54, 1.807) is 0 Å². The van der Waals surface area contributed by atoms with E-state index in [1.165, 1.54) is 12.8 Å². The van der Waals surface area contributed by atoms with Crippen molar-refractivity contribution in [1.29, 1.82) is 0 Å². The molecular formula is C11H21NO. The zero-order chi connectivity index (χ0) is 9.73. The number of hydrogen-bond acceptors (Lipinski definition) is 2. The van der Waals surface area contributed by atoms with Gasteiger partial charge in [0, 0.05) is 12.6 Å². The number of hydrogen-bond donors (Lipinski definition) is 1. The van der Waals surface area contributed by atoms with Gasteiger partial charge in [-0.05, 0) is 39.7 Å². The zero-order valence-corrected chi connectivity index (χ0v) is 8.81. The summed E-state index contributed by atoms with van der Waals surface area (Å²) in [4.78, 5) is 0. The van der Waals surface area contributed by atoms with Gasteiger partial charge in [0.2, 0.25) is 0 Å². The van der Waals surface area contributed by atoms with Gasteiger partial charge in [-0.2, -0.15) is 0 Å². The molecule has 0 amide bonds. The van der Waals surface area contributed by atoms with Crippen molar-refractivity contribution in [3.63, 3.8) is 0 Å². The minimum Gasteiger partial charge on any atom is -0.374 e. The Morgan fingerprint density at radius 3 is 2.92 bits per heavy atom. The fraction of sp³-hybridized carbons (Fsp3) is 0.818. The van der Waals surface area contributed by atoms with Crippen LogP contribution in [0.15, 0.2) is 12.7 Å². The van der Waals surface area contributed by atoms with Crippen molar-refractivity contribution in [1.82, 2.24) is 5.32 Å². The van der Waals surface area contributed by atoms with Gasteiger partial charge in [0.15, 0.2) is 0 Å². The maximum Gasteiger partial charge on any atom is 0.0807 e. The third-order valence-corrected chi connectivity index (χ3v) is 2.99.